The van der Waals surface area contributed by atoms with Gasteiger partial charge in [-0.3, -0.25) is 4.57 Å². The lowest BCUT2D eigenvalue weighted by Gasteiger charge is -2.05. The fourth-order valence-electron chi connectivity index (χ4n) is 1.77. The molecule has 3 rings (SSSR count). The van der Waals surface area contributed by atoms with Crippen LogP contribution in [0.25, 0.3) is 5.69 Å². The van der Waals surface area contributed by atoms with Crippen molar-refractivity contribution in [3.8, 4) is 5.69 Å². The van der Waals surface area contributed by atoms with Crippen LogP contribution in [-0.2, 0) is 0 Å². The fraction of sp³-hybridized carbons (Fsp3) is 0.273. The Balaban J connectivity index is 2.00. The quantitative estimate of drug-likeness (QED) is 0.833. The minimum Gasteiger partial charge on any atom is -0.264 e. The Hall–Kier alpha value is -0.680. The molecule has 1 heterocycles. The molecule has 1 saturated carbocycles. The molecule has 0 aliphatic heterocycles. The molecule has 0 radical (unpaired) electrons. The number of hydrogen-bond acceptors (Lipinski definition) is 2. The maximum atomic E-state index is 3.95. The van der Waals surface area contributed by atoms with Gasteiger partial charge in [0, 0.05) is 0 Å². The minimum absolute atomic E-state index is 0.707. The molecule has 0 atom stereocenters. The Bertz CT molecular complexity index is 495. The first kappa shape index (κ1) is 10.5. The van der Waals surface area contributed by atoms with E-state index in [1.54, 1.807) is 0 Å². The van der Waals surface area contributed by atoms with E-state index < -0.39 is 0 Å². The molecule has 0 saturated heterocycles. The lowest BCUT2D eigenvalue weighted by molar-refractivity contribution is 0.985. The van der Waals surface area contributed by atoms with Crippen molar-refractivity contribution >= 4 is 31.9 Å². The van der Waals surface area contributed by atoms with Crippen molar-refractivity contribution in [1.29, 1.82) is 0 Å². The van der Waals surface area contributed by atoms with Crippen molar-refractivity contribution in [3.05, 3.63) is 39.3 Å². The molecule has 0 spiro atoms. The number of aromatic nitrogens is 3. The Labute approximate surface area is 110 Å². The summed E-state index contributed by atoms with van der Waals surface area (Å²) in [6.07, 6.45) is 2.67. The van der Waals surface area contributed by atoms with Crippen LogP contribution in [0.1, 0.15) is 24.3 Å². The monoisotopic (exact) mass is 341 g/mol. The SMILES string of the molecule is Brc1nnc(Br)n1-c1ccc(C2CC2)cc1. The van der Waals surface area contributed by atoms with Crippen molar-refractivity contribution in [1.82, 2.24) is 14.8 Å². The summed E-state index contributed by atoms with van der Waals surface area (Å²) in [5, 5.41) is 7.89. The largest absolute Gasteiger partial charge is 0.264 e. The Morgan fingerprint density at radius 3 is 2.06 bits per heavy atom. The van der Waals surface area contributed by atoms with E-state index >= 15 is 0 Å². The van der Waals surface area contributed by atoms with E-state index in [1.807, 2.05) is 4.57 Å². The molecular weight excluding hydrogens is 334 g/mol. The van der Waals surface area contributed by atoms with E-state index in [4.69, 9.17) is 0 Å². The number of halogens is 2. The van der Waals surface area contributed by atoms with E-state index in [0.717, 1.165) is 11.6 Å². The van der Waals surface area contributed by atoms with Gasteiger partial charge in [-0.15, -0.1) is 10.2 Å². The van der Waals surface area contributed by atoms with Crippen molar-refractivity contribution in [2.75, 3.05) is 0 Å². The first-order chi connectivity index (χ1) is 7.75. The number of benzene rings is 1. The third kappa shape index (κ3) is 1.82. The highest BCUT2D eigenvalue weighted by molar-refractivity contribution is 9.11. The van der Waals surface area contributed by atoms with Crippen LogP contribution in [0.4, 0.5) is 0 Å². The van der Waals surface area contributed by atoms with Gasteiger partial charge in [-0.05, 0) is 68.3 Å². The van der Waals surface area contributed by atoms with Gasteiger partial charge >= 0.3 is 0 Å². The summed E-state index contributed by atoms with van der Waals surface area (Å²) in [6.45, 7) is 0. The van der Waals surface area contributed by atoms with Crippen LogP contribution in [0, 0.1) is 0 Å². The molecular formula is C11H9Br2N3. The zero-order valence-corrected chi connectivity index (χ0v) is 11.6. The summed E-state index contributed by atoms with van der Waals surface area (Å²) >= 11 is 6.75. The highest BCUT2D eigenvalue weighted by atomic mass is 79.9. The predicted molar refractivity (Wildman–Crippen MR) is 68.7 cm³/mol. The zero-order chi connectivity index (χ0) is 11.1. The number of rotatable bonds is 2. The summed E-state index contributed by atoms with van der Waals surface area (Å²) in [5.41, 5.74) is 2.50. The van der Waals surface area contributed by atoms with Crippen LogP contribution in [0.3, 0.4) is 0 Å². The predicted octanol–water partition coefficient (Wildman–Crippen LogP) is 3.67. The normalized spacial score (nSPS) is 15.4. The van der Waals surface area contributed by atoms with E-state index in [9.17, 15) is 0 Å². The van der Waals surface area contributed by atoms with Crippen LogP contribution >= 0.6 is 31.9 Å². The molecule has 0 amide bonds. The van der Waals surface area contributed by atoms with E-state index in [2.05, 4.69) is 66.3 Å². The van der Waals surface area contributed by atoms with Gasteiger partial charge in [-0.2, -0.15) is 0 Å². The zero-order valence-electron chi connectivity index (χ0n) is 8.40. The van der Waals surface area contributed by atoms with E-state index in [0.29, 0.717) is 9.47 Å². The van der Waals surface area contributed by atoms with Crippen LogP contribution in [0.15, 0.2) is 33.7 Å². The minimum atomic E-state index is 0.707. The Morgan fingerprint density at radius 1 is 1.00 bits per heavy atom. The Kier molecular flexibility index (Phi) is 2.59. The Morgan fingerprint density at radius 2 is 1.56 bits per heavy atom. The van der Waals surface area contributed by atoms with Crippen molar-refractivity contribution in [2.45, 2.75) is 18.8 Å². The van der Waals surface area contributed by atoms with Gasteiger partial charge in [0.15, 0.2) is 0 Å². The van der Waals surface area contributed by atoms with Gasteiger partial charge in [-0.25, -0.2) is 0 Å². The third-order valence-electron chi connectivity index (χ3n) is 2.78. The van der Waals surface area contributed by atoms with Crippen molar-refractivity contribution in [2.24, 2.45) is 0 Å². The van der Waals surface area contributed by atoms with Gasteiger partial charge < -0.3 is 0 Å². The van der Waals surface area contributed by atoms with Gasteiger partial charge in [-0.1, -0.05) is 12.1 Å². The van der Waals surface area contributed by atoms with Crippen LogP contribution in [-0.4, -0.2) is 14.8 Å². The summed E-state index contributed by atoms with van der Waals surface area (Å²) in [5.74, 6) is 0.793. The molecule has 82 valence electrons. The summed E-state index contributed by atoms with van der Waals surface area (Å²) in [4.78, 5) is 0. The second-order valence-electron chi connectivity index (χ2n) is 3.94. The average molecular weight is 343 g/mol. The fourth-order valence-corrected chi connectivity index (χ4v) is 2.92. The molecule has 16 heavy (non-hydrogen) atoms. The summed E-state index contributed by atoms with van der Waals surface area (Å²) in [7, 11) is 0. The molecule has 0 unspecified atom stereocenters. The highest BCUT2D eigenvalue weighted by Crippen LogP contribution is 2.40. The summed E-state index contributed by atoms with van der Waals surface area (Å²) in [6, 6.07) is 8.58. The van der Waals surface area contributed by atoms with Gasteiger partial charge in [0.05, 0.1) is 5.69 Å². The molecule has 1 aliphatic rings. The maximum absolute atomic E-state index is 3.95. The molecule has 1 aromatic heterocycles. The lowest BCUT2D eigenvalue weighted by atomic mass is 10.1. The standard InChI is InChI=1S/C11H9Br2N3/c12-10-14-15-11(13)16(10)9-5-3-8(4-6-9)7-1-2-7/h3-7H,1-2H2. The highest BCUT2D eigenvalue weighted by Gasteiger charge is 2.23. The summed E-state index contributed by atoms with van der Waals surface area (Å²) < 4.78 is 3.33. The molecule has 3 nitrogen and oxygen atoms in total. The van der Waals surface area contributed by atoms with Gasteiger partial charge in [0.1, 0.15) is 0 Å². The first-order valence-corrected chi connectivity index (χ1v) is 6.71. The number of hydrogen-bond donors (Lipinski definition) is 0. The second kappa shape index (κ2) is 3.96. The molecule has 0 N–H and O–H groups in total. The molecule has 1 fully saturated rings. The number of nitrogens with zero attached hydrogens (tertiary/aromatic N) is 3. The topological polar surface area (TPSA) is 30.7 Å². The van der Waals surface area contributed by atoms with Gasteiger partial charge in [0.25, 0.3) is 0 Å². The maximum Gasteiger partial charge on any atom is 0.205 e. The second-order valence-corrected chi connectivity index (χ2v) is 5.36. The average Bonchev–Trinajstić information content (AvgIpc) is 3.07. The van der Waals surface area contributed by atoms with E-state index in [1.165, 1.54) is 18.4 Å². The van der Waals surface area contributed by atoms with Crippen LogP contribution in [0.2, 0.25) is 0 Å². The molecule has 2 aromatic rings. The third-order valence-corrected chi connectivity index (χ3v) is 3.81. The lowest BCUT2D eigenvalue weighted by Crippen LogP contribution is -1.95. The molecule has 1 aliphatic carbocycles. The van der Waals surface area contributed by atoms with Gasteiger partial charge in [0.2, 0.25) is 9.47 Å². The van der Waals surface area contributed by atoms with Crippen LogP contribution < -0.4 is 0 Å². The molecule has 1 aromatic carbocycles. The molecule has 5 heteroatoms. The van der Waals surface area contributed by atoms with E-state index in [-0.39, 0.29) is 0 Å². The molecule has 0 bridgehead atoms. The van der Waals surface area contributed by atoms with Crippen molar-refractivity contribution in [3.63, 3.8) is 0 Å². The smallest absolute Gasteiger partial charge is 0.205 e. The van der Waals surface area contributed by atoms with Crippen molar-refractivity contribution < 1.29 is 0 Å². The van der Waals surface area contributed by atoms with Crippen LogP contribution in [0.5, 0.6) is 0 Å². The first-order valence-electron chi connectivity index (χ1n) is 5.12.